The zero-order valence-corrected chi connectivity index (χ0v) is 19.9. The highest BCUT2D eigenvalue weighted by Gasteiger charge is 2.24. The summed E-state index contributed by atoms with van der Waals surface area (Å²) in [6, 6.07) is 17.3. The van der Waals surface area contributed by atoms with Gasteiger partial charge in [-0.05, 0) is 12.1 Å². The highest BCUT2D eigenvalue weighted by atomic mass is 16.5. The first kappa shape index (κ1) is 22.7. The molecule has 1 aliphatic rings. The maximum absolute atomic E-state index is 12.1. The number of aromatic nitrogens is 4. The van der Waals surface area contributed by atoms with Gasteiger partial charge in [-0.3, -0.25) is 9.48 Å². The lowest BCUT2D eigenvalue weighted by molar-refractivity contribution is -0.372. The number of aliphatic imine (C=N–C) groups is 1. The maximum atomic E-state index is 12.1. The largest absolute Gasteiger partial charge is 0.494 e. The van der Waals surface area contributed by atoms with E-state index in [1.807, 2.05) is 73.3 Å². The molecule has 0 fully saturated rings. The number of ether oxygens (including phenoxy) is 1. The molecule has 2 aromatic heterocycles. The van der Waals surface area contributed by atoms with E-state index in [4.69, 9.17) is 10.5 Å². The number of primary amides is 1. The van der Waals surface area contributed by atoms with E-state index in [1.54, 1.807) is 18.1 Å². The molecule has 5 rings (SSSR count). The molecule has 11 nitrogen and oxygen atoms in total. The lowest BCUT2D eigenvalue weighted by Crippen LogP contribution is -2.25. The van der Waals surface area contributed by atoms with Gasteiger partial charge in [0.05, 0.1) is 31.1 Å². The van der Waals surface area contributed by atoms with Gasteiger partial charge in [0.1, 0.15) is 17.2 Å². The fourth-order valence-electron chi connectivity index (χ4n) is 3.82. The van der Waals surface area contributed by atoms with Crippen LogP contribution in [0.15, 0.2) is 65.8 Å². The second kappa shape index (κ2) is 9.29. The van der Waals surface area contributed by atoms with Crippen LogP contribution in [-0.4, -0.2) is 56.6 Å². The molecule has 0 unspecified atom stereocenters. The van der Waals surface area contributed by atoms with Crippen molar-refractivity contribution >= 4 is 41.4 Å². The quantitative estimate of drug-likeness (QED) is 0.329. The Morgan fingerprint density at radius 3 is 2.58 bits per heavy atom. The Labute approximate surface area is 207 Å². The van der Waals surface area contributed by atoms with Gasteiger partial charge >= 0.3 is 0 Å². The van der Waals surface area contributed by atoms with Crippen LogP contribution >= 0.6 is 0 Å². The van der Waals surface area contributed by atoms with Gasteiger partial charge in [0.2, 0.25) is 12.3 Å². The van der Waals surface area contributed by atoms with Crippen molar-refractivity contribution < 1.29 is 14.1 Å². The molecule has 1 aliphatic heterocycles. The summed E-state index contributed by atoms with van der Waals surface area (Å²) in [5.74, 6) is 1.83. The number of nitrogens with zero attached hydrogens (tertiary/aromatic N) is 6. The van der Waals surface area contributed by atoms with Crippen LogP contribution in [0, 0.1) is 0 Å². The number of aryl methyl sites for hydroxylation is 1. The number of carbonyl (C=O) groups excluding carboxylic acids is 1. The monoisotopic (exact) mass is 482 g/mol. The fraction of sp³-hybridized carbons (Fsp3) is 0.120. The Morgan fingerprint density at radius 2 is 1.92 bits per heavy atom. The first-order valence-electron chi connectivity index (χ1n) is 11.1. The van der Waals surface area contributed by atoms with Crippen molar-refractivity contribution in [3.8, 4) is 17.0 Å². The minimum atomic E-state index is -0.663. The van der Waals surface area contributed by atoms with E-state index >= 15 is 0 Å². The van der Waals surface area contributed by atoms with Crippen LogP contribution in [-0.2, 0) is 7.05 Å². The van der Waals surface area contributed by atoms with Gasteiger partial charge in [0.25, 0.3) is 11.7 Å². The minimum Gasteiger partial charge on any atom is -0.494 e. The van der Waals surface area contributed by atoms with Gasteiger partial charge in [-0.25, -0.2) is 9.56 Å². The zero-order valence-electron chi connectivity index (χ0n) is 19.9. The molecule has 0 radical (unpaired) electrons. The molecule has 0 saturated carbocycles. The highest BCUT2D eigenvalue weighted by molar-refractivity contribution is 6.07. The summed E-state index contributed by atoms with van der Waals surface area (Å²) in [5, 5.41) is 10.9. The molecule has 4 N–H and O–H groups in total. The molecule has 180 valence electrons. The molecule has 1 amide bonds. The van der Waals surface area contributed by atoms with E-state index in [0.29, 0.717) is 17.3 Å². The molecular formula is C25H24N9O2+. The molecule has 0 saturated heterocycles. The summed E-state index contributed by atoms with van der Waals surface area (Å²) in [6.07, 6.45) is 3.09. The Hall–Kier alpha value is -5.06. The summed E-state index contributed by atoms with van der Waals surface area (Å²) in [6.45, 7) is 0. The second-order valence-corrected chi connectivity index (χ2v) is 8.04. The number of amides is 1. The van der Waals surface area contributed by atoms with E-state index in [2.05, 4.69) is 30.7 Å². The van der Waals surface area contributed by atoms with Gasteiger partial charge in [0.15, 0.2) is 5.75 Å². The minimum absolute atomic E-state index is 0.134. The Morgan fingerprint density at radius 1 is 1.11 bits per heavy atom. The number of hydrogen-bond donors (Lipinski definition) is 3. The van der Waals surface area contributed by atoms with Crippen molar-refractivity contribution in [3.63, 3.8) is 0 Å². The van der Waals surface area contributed by atoms with E-state index in [1.165, 1.54) is 6.20 Å². The van der Waals surface area contributed by atoms with E-state index in [-0.39, 0.29) is 17.3 Å². The molecular weight excluding hydrogens is 458 g/mol. The van der Waals surface area contributed by atoms with E-state index in [0.717, 1.165) is 22.7 Å². The third-order valence-corrected chi connectivity index (χ3v) is 5.64. The number of methoxy groups -OCH3 is 1. The predicted molar refractivity (Wildman–Crippen MR) is 138 cm³/mol. The summed E-state index contributed by atoms with van der Waals surface area (Å²) in [5.41, 5.74) is 8.92. The van der Waals surface area contributed by atoms with Crippen molar-refractivity contribution in [2.24, 2.45) is 17.8 Å². The first-order valence-corrected chi connectivity index (χ1v) is 11.1. The van der Waals surface area contributed by atoms with Crippen LogP contribution < -0.4 is 21.1 Å². The molecule has 0 atom stereocenters. The number of hydrogen-bond acceptors (Lipinski definition) is 8. The number of nitrogens with one attached hydrogen (secondary N) is 2. The normalized spacial score (nSPS) is 12.3. The number of para-hydroxylation sites is 1. The average molecular weight is 483 g/mol. The Bertz CT molecular complexity index is 1520. The number of anilines is 4. The number of carbonyl (C=O) groups is 1. The molecule has 0 aliphatic carbocycles. The maximum Gasteiger partial charge on any atom is 0.276 e. The van der Waals surface area contributed by atoms with Crippen molar-refractivity contribution in [1.29, 1.82) is 0 Å². The van der Waals surface area contributed by atoms with Crippen molar-refractivity contribution in [3.05, 3.63) is 71.9 Å². The Balaban J connectivity index is 1.48. The standard InChI is InChI=1S/C25H23N9O2/c1-33-14-28-24(33)16-10-7-11-18(21(16)36-3)29-23-17(22(26)35)13-27-25(31-23)30-20-12-19(32-34(20)2)15-8-5-4-6-9-15/h4-14H,1-3H3,(H3-,26,27,29,30,31,32,35)/p+1. The van der Waals surface area contributed by atoms with Crippen LogP contribution in [0.25, 0.3) is 11.3 Å². The third-order valence-electron chi connectivity index (χ3n) is 5.64. The number of nitrogens with two attached hydrogens (primary N) is 1. The average Bonchev–Trinajstić information content (AvgIpc) is 3.23. The van der Waals surface area contributed by atoms with Crippen LogP contribution in [0.3, 0.4) is 0 Å². The smallest absolute Gasteiger partial charge is 0.276 e. The highest BCUT2D eigenvalue weighted by Crippen LogP contribution is 2.33. The van der Waals surface area contributed by atoms with Crippen molar-refractivity contribution in [1.82, 2.24) is 19.7 Å². The van der Waals surface area contributed by atoms with Crippen LogP contribution in [0.4, 0.5) is 23.3 Å². The number of benzene rings is 2. The lowest BCUT2D eigenvalue weighted by atomic mass is 10.1. The Kier molecular flexibility index (Phi) is 5.87. The molecule has 2 aromatic carbocycles. The third kappa shape index (κ3) is 4.25. The molecule has 36 heavy (non-hydrogen) atoms. The van der Waals surface area contributed by atoms with Gasteiger partial charge in [0, 0.05) is 24.9 Å². The summed E-state index contributed by atoms with van der Waals surface area (Å²) >= 11 is 0. The molecule has 0 bridgehead atoms. The van der Waals surface area contributed by atoms with E-state index < -0.39 is 5.91 Å². The van der Waals surface area contributed by atoms with Crippen LogP contribution in [0.1, 0.15) is 15.9 Å². The number of rotatable bonds is 8. The topological polar surface area (TPSA) is 135 Å². The van der Waals surface area contributed by atoms with Gasteiger partial charge in [-0.15, -0.1) is 0 Å². The summed E-state index contributed by atoms with van der Waals surface area (Å²) < 4.78 is 9.25. The first-order chi connectivity index (χ1) is 17.4. The molecule has 3 heterocycles. The van der Waals surface area contributed by atoms with Gasteiger partial charge in [-0.1, -0.05) is 41.4 Å². The molecule has 4 aromatic rings. The fourth-order valence-corrected chi connectivity index (χ4v) is 3.82. The predicted octanol–water partition coefficient (Wildman–Crippen LogP) is 2.90. The summed E-state index contributed by atoms with van der Waals surface area (Å²) in [4.78, 5) is 25.2. The zero-order chi connectivity index (χ0) is 25.2. The van der Waals surface area contributed by atoms with Crippen molar-refractivity contribution in [2.75, 3.05) is 24.8 Å². The van der Waals surface area contributed by atoms with Gasteiger partial charge in [-0.2, -0.15) is 10.1 Å². The lowest BCUT2D eigenvalue weighted by Gasteiger charge is -2.17. The van der Waals surface area contributed by atoms with Crippen LogP contribution in [0.2, 0.25) is 0 Å². The SMILES string of the molecule is COc1c(Nc2nc(Nc3cc(-c4ccccc4)nn3C)ncc2C(N)=O)cccc1C1=[N+](C)C=N1. The van der Waals surface area contributed by atoms with Crippen molar-refractivity contribution in [2.45, 2.75) is 0 Å². The second-order valence-electron chi connectivity index (χ2n) is 8.04. The molecule has 11 heteroatoms. The summed E-state index contributed by atoms with van der Waals surface area (Å²) in [7, 11) is 5.29. The van der Waals surface area contributed by atoms with Gasteiger partial charge < -0.3 is 21.1 Å². The van der Waals surface area contributed by atoms with Crippen LogP contribution in [0.5, 0.6) is 5.75 Å². The van der Waals surface area contributed by atoms with E-state index in [9.17, 15) is 4.79 Å². The number of amidine groups is 1. The molecule has 0 spiro atoms.